The fourth-order valence-electron chi connectivity index (χ4n) is 2.62. The van der Waals surface area contributed by atoms with E-state index in [-0.39, 0.29) is 4.90 Å². The molecule has 3 aromatic rings. The molecule has 162 valence electrons. The van der Waals surface area contributed by atoms with E-state index in [1.54, 1.807) is 24.3 Å². The topological polar surface area (TPSA) is 88.1 Å². The van der Waals surface area contributed by atoms with Crippen molar-refractivity contribution in [1.82, 2.24) is 5.43 Å². The molecule has 31 heavy (non-hydrogen) atoms. The first-order valence-electron chi connectivity index (χ1n) is 9.26. The number of thiophene rings is 1. The number of anilines is 1. The van der Waals surface area contributed by atoms with E-state index in [0.717, 1.165) is 9.18 Å². The zero-order chi connectivity index (χ0) is 22.3. The number of hydrogen-bond acceptors (Lipinski definition) is 6. The van der Waals surface area contributed by atoms with E-state index in [9.17, 15) is 13.2 Å². The molecule has 0 fully saturated rings. The number of nitrogens with zero attached hydrogens (tertiary/aromatic N) is 2. The van der Waals surface area contributed by atoms with Crippen molar-refractivity contribution in [1.29, 1.82) is 0 Å². The van der Waals surface area contributed by atoms with Crippen molar-refractivity contribution in [3.8, 4) is 5.75 Å². The van der Waals surface area contributed by atoms with Gasteiger partial charge < -0.3 is 4.74 Å². The number of amides is 1. The number of ether oxygens (including phenoxy) is 1. The highest BCUT2D eigenvalue weighted by atomic mass is 35.5. The van der Waals surface area contributed by atoms with Crippen molar-refractivity contribution < 1.29 is 17.9 Å². The summed E-state index contributed by atoms with van der Waals surface area (Å²) in [6, 6.07) is 15.9. The maximum atomic E-state index is 13.3. The van der Waals surface area contributed by atoms with Crippen molar-refractivity contribution in [3.05, 3.63) is 75.9 Å². The van der Waals surface area contributed by atoms with Crippen LogP contribution in [-0.2, 0) is 14.8 Å². The fourth-order valence-corrected chi connectivity index (χ4v) is 4.75. The van der Waals surface area contributed by atoms with Gasteiger partial charge in [0.25, 0.3) is 15.9 Å². The normalized spacial score (nSPS) is 11.4. The fraction of sp³-hybridized carbons (Fsp3) is 0.143. The molecule has 7 nitrogen and oxygen atoms in total. The van der Waals surface area contributed by atoms with Gasteiger partial charge >= 0.3 is 0 Å². The highest BCUT2D eigenvalue weighted by Crippen LogP contribution is 2.26. The molecule has 0 atom stereocenters. The average molecular weight is 478 g/mol. The second-order valence-corrected chi connectivity index (χ2v) is 9.48. The Balaban J connectivity index is 1.86. The molecule has 10 heteroatoms. The van der Waals surface area contributed by atoms with Crippen LogP contribution in [0.5, 0.6) is 5.75 Å². The SMILES string of the molecule is CCOc1ccc(N(CC(=O)N/N=C\c2cccs2)S(=O)(=O)c2ccc(Cl)cc2)cc1. The minimum absolute atomic E-state index is 0.0145. The van der Waals surface area contributed by atoms with Crippen LogP contribution in [0, 0.1) is 0 Å². The highest BCUT2D eigenvalue weighted by Gasteiger charge is 2.27. The van der Waals surface area contributed by atoms with Crippen LogP contribution in [0.25, 0.3) is 0 Å². The van der Waals surface area contributed by atoms with Crippen molar-refractivity contribution in [2.75, 3.05) is 17.5 Å². The molecule has 1 amide bonds. The lowest BCUT2D eigenvalue weighted by atomic mass is 10.3. The third kappa shape index (κ3) is 6.06. The van der Waals surface area contributed by atoms with Crippen LogP contribution in [0.4, 0.5) is 5.69 Å². The first kappa shape index (κ1) is 22.8. The minimum Gasteiger partial charge on any atom is -0.494 e. The van der Waals surface area contributed by atoms with E-state index < -0.39 is 22.5 Å². The Labute approximate surface area is 190 Å². The summed E-state index contributed by atoms with van der Waals surface area (Å²) >= 11 is 7.35. The smallest absolute Gasteiger partial charge is 0.264 e. The summed E-state index contributed by atoms with van der Waals surface area (Å²) in [4.78, 5) is 13.4. The van der Waals surface area contributed by atoms with Gasteiger partial charge in [0.05, 0.1) is 23.4 Å². The van der Waals surface area contributed by atoms with Gasteiger partial charge in [0, 0.05) is 9.90 Å². The van der Waals surface area contributed by atoms with Crippen LogP contribution in [0.2, 0.25) is 5.02 Å². The molecule has 0 bridgehead atoms. The lowest BCUT2D eigenvalue weighted by Crippen LogP contribution is -2.39. The van der Waals surface area contributed by atoms with Crippen LogP contribution >= 0.6 is 22.9 Å². The molecule has 2 aromatic carbocycles. The van der Waals surface area contributed by atoms with Crippen molar-refractivity contribution in [2.45, 2.75) is 11.8 Å². The van der Waals surface area contributed by atoms with Crippen LogP contribution in [0.15, 0.2) is 76.0 Å². The van der Waals surface area contributed by atoms with Gasteiger partial charge in [-0.15, -0.1) is 11.3 Å². The van der Waals surface area contributed by atoms with Crippen molar-refractivity contribution >= 4 is 50.8 Å². The summed E-state index contributed by atoms with van der Waals surface area (Å²) in [7, 11) is -4.04. The highest BCUT2D eigenvalue weighted by molar-refractivity contribution is 7.92. The Kier molecular flexibility index (Phi) is 7.67. The standard InChI is InChI=1S/C21H20ClN3O4S2/c1-2-29-18-9-7-17(8-10-18)25(31(27,28)20-11-5-16(22)6-12-20)15-21(26)24-23-14-19-4-3-13-30-19/h3-14H,2,15H2,1H3,(H,24,26)/b23-14-. The van der Waals surface area contributed by atoms with E-state index in [2.05, 4.69) is 10.5 Å². The maximum absolute atomic E-state index is 13.3. The molecule has 1 heterocycles. The number of sulfonamides is 1. The van der Waals surface area contributed by atoms with E-state index in [0.29, 0.717) is 23.1 Å². The molecule has 1 N–H and O–H groups in total. The van der Waals surface area contributed by atoms with Gasteiger partial charge in [-0.1, -0.05) is 17.7 Å². The van der Waals surface area contributed by atoms with E-state index in [4.69, 9.17) is 16.3 Å². The summed E-state index contributed by atoms with van der Waals surface area (Å²) in [5.74, 6) is 0.0133. The van der Waals surface area contributed by atoms with Crippen molar-refractivity contribution in [2.24, 2.45) is 5.10 Å². The second kappa shape index (κ2) is 10.4. The number of carbonyl (C=O) groups excluding carboxylic acids is 1. The first-order valence-corrected chi connectivity index (χ1v) is 12.0. The molecular weight excluding hydrogens is 458 g/mol. The predicted molar refractivity (Wildman–Crippen MR) is 124 cm³/mol. The van der Waals surface area contributed by atoms with E-state index >= 15 is 0 Å². The summed E-state index contributed by atoms with van der Waals surface area (Å²) in [6.45, 7) is 1.88. The number of carbonyl (C=O) groups is 1. The van der Waals surface area contributed by atoms with Gasteiger partial charge in [-0.25, -0.2) is 13.8 Å². The largest absolute Gasteiger partial charge is 0.494 e. The third-order valence-electron chi connectivity index (χ3n) is 4.05. The Hall–Kier alpha value is -2.88. The van der Waals surface area contributed by atoms with Gasteiger partial charge in [-0.2, -0.15) is 5.10 Å². The van der Waals surface area contributed by atoms with Gasteiger partial charge in [-0.3, -0.25) is 9.10 Å². The third-order valence-corrected chi connectivity index (χ3v) is 6.90. The number of hydrazone groups is 1. The molecule has 0 saturated heterocycles. The number of rotatable bonds is 9. The second-order valence-electron chi connectivity index (χ2n) is 6.20. The van der Waals surface area contributed by atoms with Crippen LogP contribution in [0.1, 0.15) is 11.8 Å². The number of nitrogens with one attached hydrogen (secondary N) is 1. The number of benzene rings is 2. The molecule has 0 saturated carbocycles. The summed E-state index contributed by atoms with van der Waals surface area (Å²) in [6.07, 6.45) is 1.50. The first-order chi connectivity index (χ1) is 14.9. The summed E-state index contributed by atoms with van der Waals surface area (Å²) in [5.41, 5.74) is 2.69. The zero-order valence-electron chi connectivity index (χ0n) is 16.6. The van der Waals surface area contributed by atoms with Crippen molar-refractivity contribution in [3.63, 3.8) is 0 Å². The molecule has 0 radical (unpaired) electrons. The Morgan fingerprint density at radius 2 is 1.87 bits per heavy atom. The Morgan fingerprint density at radius 3 is 2.48 bits per heavy atom. The monoisotopic (exact) mass is 477 g/mol. The summed E-state index contributed by atoms with van der Waals surface area (Å²) in [5, 5.41) is 6.19. The molecule has 0 aliphatic heterocycles. The molecule has 0 unspecified atom stereocenters. The summed E-state index contributed by atoms with van der Waals surface area (Å²) < 4.78 is 33.0. The molecule has 1 aromatic heterocycles. The molecule has 0 aliphatic carbocycles. The number of hydrogen-bond donors (Lipinski definition) is 1. The molecule has 3 rings (SSSR count). The van der Waals surface area contributed by atoms with Gasteiger partial charge in [0.2, 0.25) is 0 Å². The predicted octanol–water partition coefficient (Wildman–Crippen LogP) is 4.15. The zero-order valence-corrected chi connectivity index (χ0v) is 19.0. The molecule has 0 aliphatic rings. The molecular formula is C21H20ClN3O4S2. The average Bonchev–Trinajstić information content (AvgIpc) is 3.27. The van der Waals surface area contributed by atoms with E-state index in [1.165, 1.54) is 41.8 Å². The van der Waals surface area contributed by atoms with Gasteiger partial charge in [0.1, 0.15) is 12.3 Å². The van der Waals surface area contributed by atoms with Crippen LogP contribution < -0.4 is 14.5 Å². The van der Waals surface area contributed by atoms with Crippen LogP contribution in [0.3, 0.4) is 0 Å². The van der Waals surface area contributed by atoms with Gasteiger partial charge in [-0.05, 0) is 66.9 Å². The maximum Gasteiger partial charge on any atom is 0.264 e. The Bertz CT molecular complexity index is 1130. The number of halogens is 1. The van der Waals surface area contributed by atoms with E-state index in [1.807, 2.05) is 24.4 Å². The lowest BCUT2D eigenvalue weighted by molar-refractivity contribution is -0.119. The minimum atomic E-state index is -4.04. The van der Waals surface area contributed by atoms with Crippen LogP contribution in [-0.4, -0.2) is 33.7 Å². The molecule has 0 spiro atoms. The quantitative estimate of drug-likeness (QED) is 0.370. The Morgan fingerprint density at radius 1 is 1.16 bits per heavy atom. The lowest BCUT2D eigenvalue weighted by Gasteiger charge is -2.24. The van der Waals surface area contributed by atoms with Gasteiger partial charge in [0.15, 0.2) is 0 Å².